The van der Waals surface area contributed by atoms with Gasteiger partial charge in [0.15, 0.2) is 5.75 Å². The molecular formula is C19H29N3O3. The number of likely N-dealkylation sites (tertiary alicyclic amines) is 1. The summed E-state index contributed by atoms with van der Waals surface area (Å²) < 4.78 is 5.43. The summed E-state index contributed by atoms with van der Waals surface area (Å²) in [7, 11) is 0. The van der Waals surface area contributed by atoms with Crippen molar-refractivity contribution in [2.45, 2.75) is 51.5 Å². The first-order valence-electron chi connectivity index (χ1n) is 9.56. The van der Waals surface area contributed by atoms with Crippen LogP contribution < -0.4 is 10.1 Å². The van der Waals surface area contributed by atoms with E-state index in [-0.39, 0.29) is 16.7 Å². The number of hydrogen-bond acceptors (Lipinski definition) is 5. The molecule has 0 amide bonds. The van der Waals surface area contributed by atoms with E-state index >= 15 is 0 Å². The lowest BCUT2D eigenvalue weighted by atomic mass is 10.0. The second kappa shape index (κ2) is 8.52. The van der Waals surface area contributed by atoms with Gasteiger partial charge in [0, 0.05) is 25.7 Å². The van der Waals surface area contributed by atoms with E-state index in [0.717, 1.165) is 31.8 Å². The van der Waals surface area contributed by atoms with Crippen LogP contribution in [0, 0.1) is 16.0 Å². The van der Waals surface area contributed by atoms with Gasteiger partial charge >= 0.3 is 5.69 Å². The molecule has 2 fully saturated rings. The van der Waals surface area contributed by atoms with Gasteiger partial charge in [0.05, 0.1) is 11.5 Å². The fourth-order valence-electron chi connectivity index (χ4n) is 4.14. The van der Waals surface area contributed by atoms with Crippen molar-refractivity contribution >= 4 is 11.4 Å². The number of nitrogens with one attached hydrogen (secondary N) is 1. The molecule has 2 aliphatic rings. The van der Waals surface area contributed by atoms with Crippen LogP contribution in [-0.2, 0) is 0 Å². The Labute approximate surface area is 149 Å². The summed E-state index contributed by atoms with van der Waals surface area (Å²) in [4.78, 5) is 13.7. The topological polar surface area (TPSA) is 67.6 Å². The second-order valence-electron chi connectivity index (χ2n) is 7.21. The molecule has 1 aliphatic carbocycles. The van der Waals surface area contributed by atoms with Crippen molar-refractivity contribution in [3.05, 3.63) is 28.3 Å². The Morgan fingerprint density at radius 2 is 1.96 bits per heavy atom. The molecule has 1 aliphatic heterocycles. The van der Waals surface area contributed by atoms with Crippen LogP contribution in [0.2, 0.25) is 0 Å². The largest absolute Gasteiger partial charge is 0.487 e. The molecule has 25 heavy (non-hydrogen) atoms. The molecule has 1 N–H and O–H groups in total. The lowest BCUT2D eigenvalue weighted by Gasteiger charge is -2.34. The Morgan fingerprint density at radius 3 is 2.60 bits per heavy atom. The van der Waals surface area contributed by atoms with Crippen molar-refractivity contribution in [1.82, 2.24) is 4.90 Å². The number of para-hydroxylation sites is 1. The highest BCUT2D eigenvalue weighted by Crippen LogP contribution is 2.36. The molecule has 0 radical (unpaired) electrons. The third-order valence-corrected chi connectivity index (χ3v) is 5.42. The van der Waals surface area contributed by atoms with Crippen molar-refractivity contribution in [1.29, 1.82) is 0 Å². The second-order valence-corrected chi connectivity index (χ2v) is 7.21. The van der Waals surface area contributed by atoms with Crippen molar-refractivity contribution in [2.24, 2.45) is 5.92 Å². The minimum atomic E-state index is -0.345. The number of ether oxygens (including phenoxy) is 1. The van der Waals surface area contributed by atoms with Gasteiger partial charge in [0.1, 0.15) is 5.69 Å². The van der Waals surface area contributed by atoms with E-state index in [1.807, 2.05) is 13.0 Å². The predicted octanol–water partition coefficient (Wildman–Crippen LogP) is 4.06. The molecule has 1 saturated carbocycles. The van der Waals surface area contributed by atoms with E-state index in [2.05, 4.69) is 10.2 Å². The van der Waals surface area contributed by atoms with Crippen molar-refractivity contribution < 1.29 is 9.66 Å². The van der Waals surface area contributed by atoms with Crippen LogP contribution in [-0.4, -0.2) is 42.1 Å². The fraction of sp³-hybridized carbons (Fsp3) is 0.684. The molecule has 6 nitrogen and oxygen atoms in total. The number of piperidine rings is 1. The molecular weight excluding hydrogens is 318 g/mol. The molecule has 0 atom stereocenters. The fourth-order valence-corrected chi connectivity index (χ4v) is 4.14. The van der Waals surface area contributed by atoms with Gasteiger partial charge in [0.25, 0.3) is 0 Å². The zero-order valence-corrected chi connectivity index (χ0v) is 15.1. The van der Waals surface area contributed by atoms with Crippen molar-refractivity contribution in [3.8, 4) is 5.75 Å². The smallest absolute Gasteiger partial charge is 0.333 e. The monoisotopic (exact) mass is 347 g/mol. The van der Waals surface area contributed by atoms with Crippen LogP contribution in [0.3, 0.4) is 0 Å². The Bertz CT molecular complexity index is 579. The van der Waals surface area contributed by atoms with Gasteiger partial charge in [-0.15, -0.1) is 0 Å². The van der Waals surface area contributed by atoms with Gasteiger partial charge in [-0.1, -0.05) is 18.9 Å². The normalized spacial score (nSPS) is 19.9. The highest BCUT2D eigenvalue weighted by molar-refractivity contribution is 5.68. The van der Waals surface area contributed by atoms with Crippen LogP contribution in [0.4, 0.5) is 11.4 Å². The number of nitro groups is 1. The Balaban J connectivity index is 1.58. The van der Waals surface area contributed by atoms with E-state index in [0.29, 0.717) is 18.0 Å². The summed E-state index contributed by atoms with van der Waals surface area (Å²) >= 11 is 0. The Hall–Kier alpha value is -1.82. The van der Waals surface area contributed by atoms with Crippen LogP contribution in [0.25, 0.3) is 0 Å². The molecule has 0 unspecified atom stereocenters. The maximum atomic E-state index is 11.5. The van der Waals surface area contributed by atoms with E-state index in [9.17, 15) is 10.1 Å². The maximum absolute atomic E-state index is 11.5. The van der Waals surface area contributed by atoms with Gasteiger partial charge in [-0.2, -0.15) is 0 Å². The van der Waals surface area contributed by atoms with E-state index in [1.165, 1.54) is 32.2 Å². The molecule has 3 rings (SSSR count). The summed E-state index contributed by atoms with van der Waals surface area (Å²) in [6, 6.07) is 5.55. The van der Waals surface area contributed by atoms with Crippen molar-refractivity contribution in [2.75, 3.05) is 31.6 Å². The number of nitro benzene ring substituents is 1. The predicted molar refractivity (Wildman–Crippen MR) is 99.3 cm³/mol. The first kappa shape index (κ1) is 18.0. The average molecular weight is 347 g/mol. The maximum Gasteiger partial charge on any atom is 0.333 e. The van der Waals surface area contributed by atoms with Gasteiger partial charge in [-0.3, -0.25) is 10.1 Å². The van der Waals surface area contributed by atoms with Crippen LogP contribution >= 0.6 is 0 Å². The number of anilines is 1. The minimum absolute atomic E-state index is 0.0535. The molecule has 1 heterocycles. The van der Waals surface area contributed by atoms with E-state index in [1.54, 1.807) is 12.1 Å². The standard InChI is InChI=1S/C19H29N3O3/c1-2-25-18-9-5-8-17(19(18)22(23)24)20-16-10-12-21(13-11-16)14-15-6-3-4-7-15/h5,8-9,15-16,20H,2-4,6-7,10-14H2,1H3. The molecule has 138 valence electrons. The lowest BCUT2D eigenvalue weighted by Crippen LogP contribution is -2.41. The molecule has 1 saturated heterocycles. The zero-order valence-electron chi connectivity index (χ0n) is 15.1. The van der Waals surface area contributed by atoms with Gasteiger partial charge in [-0.05, 0) is 50.7 Å². The Kier molecular flexibility index (Phi) is 6.13. The molecule has 1 aromatic rings. The highest BCUT2D eigenvalue weighted by atomic mass is 16.6. The SMILES string of the molecule is CCOc1cccc(NC2CCN(CC3CCCC3)CC2)c1[N+](=O)[O-]. The molecule has 1 aromatic carbocycles. The summed E-state index contributed by atoms with van der Waals surface area (Å²) in [6.45, 7) is 5.64. The molecule has 0 bridgehead atoms. The number of hydrogen-bond donors (Lipinski definition) is 1. The lowest BCUT2D eigenvalue weighted by molar-refractivity contribution is -0.385. The van der Waals surface area contributed by atoms with Crippen LogP contribution in [0.1, 0.15) is 45.4 Å². The van der Waals surface area contributed by atoms with E-state index in [4.69, 9.17) is 4.74 Å². The number of benzene rings is 1. The van der Waals surface area contributed by atoms with Crippen LogP contribution in [0.15, 0.2) is 18.2 Å². The van der Waals surface area contributed by atoms with Gasteiger partial charge in [0.2, 0.25) is 0 Å². The zero-order chi connectivity index (χ0) is 17.6. The molecule has 0 spiro atoms. The first-order valence-corrected chi connectivity index (χ1v) is 9.56. The number of rotatable bonds is 7. The van der Waals surface area contributed by atoms with Crippen LogP contribution in [0.5, 0.6) is 5.75 Å². The quantitative estimate of drug-likeness (QED) is 0.595. The highest BCUT2D eigenvalue weighted by Gasteiger charge is 2.26. The van der Waals surface area contributed by atoms with Gasteiger partial charge < -0.3 is 15.0 Å². The third-order valence-electron chi connectivity index (χ3n) is 5.42. The van der Waals surface area contributed by atoms with Gasteiger partial charge in [-0.25, -0.2) is 0 Å². The first-order chi connectivity index (χ1) is 12.2. The Morgan fingerprint density at radius 1 is 1.24 bits per heavy atom. The third kappa shape index (κ3) is 4.63. The van der Waals surface area contributed by atoms with E-state index < -0.39 is 0 Å². The molecule has 6 heteroatoms. The summed E-state index contributed by atoms with van der Waals surface area (Å²) in [5, 5.41) is 14.9. The van der Waals surface area contributed by atoms with Crippen molar-refractivity contribution in [3.63, 3.8) is 0 Å². The molecule has 0 aromatic heterocycles. The summed E-state index contributed by atoms with van der Waals surface area (Å²) in [5.74, 6) is 1.23. The summed E-state index contributed by atoms with van der Waals surface area (Å²) in [5.41, 5.74) is 0.628. The average Bonchev–Trinajstić information content (AvgIpc) is 3.10. The number of nitrogens with zero attached hydrogens (tertiary/aromatic N) is 2. The minimum Gasteiger partial charge on any atom is -0.487 e. The summed E-state index contributed by atoms with van der Waals surface area (Å²) in [6.07, 6.45) is 7.61.